The van der Waals surface area contributed by atoms with Crippen LogP contribution in [0.4, 0.5) is 10.1 Å². The number of anilines is 1. The highest BCUT2D eigenvalue weighted by molar-refractivity contribution is 6.31. The van der Waals surface area contributed by atoms with E-state index in [1.54, 1.807) is 0 Å². The van der Waals surface area contributed by atoms with Gasteiger partial charge in [-0.25, -0.2) is 4.39 Å². The van der Waals surface area contributed by atoms with E-state index >= 15 is 0 Å². The van der Waals surface area contributed by atoms with E-state index in [1.165, 1.54) is 12.1 Å². The first kappa shape index (κ1) is 12.7. The third-order valence-corrected chi connectivity index (χ3v) is 2.92. The fraction of sp³-hybridized carbons (Fsp3) is 0.143. The van der Waals surface area contributed by atoms with Crippen molar-refractivity contribution in [3.05, 3.63) is 58.9 Å². The van der Waals surface area contributed by atoms with Gasteiger partial charge in [-0.1, -0.05) is 41.9 Å². The first-order valence-electron chi connectivity index (χ1n) is 5.54. The second kappa shape index (κ2) is 5.27. The second-order valence-corrected chi connectivity index (χ2v) is 4.38. The molecule has 94 valence electrons. The first-order chi connectivity index (χ1) is 8.58. The van der Waals surface area contributed by atoms with Crippen LogP contribution in [0.15, 0.2) is 42.5 Å². The van der Waals surface area contributed by atoms with Gasteiger partial charge in [-0.3, -0.25) is 0 Å². The van der Waals surface area contributed by atoms with Crippen molar-refractivity contribution in [2.24, 2.45) is 0 Å². The van der Waals surface area contributed by atoms with Crippen molar-refractivity contribution < 1.29 is 9.13 Å². The molecule has 0 aliphatic rings. The predicted molar refractivity (Wildman–Crippen MR) is 71.3 cm³/mol. The maximum Gasteiger partial charge on any atom is 0.146 e. The summed E-state index contributed by atoms with van der Waals surface area (Å²) >= 11 is 5.63. The predicted octanol–water partition coefficient (Wildman–Crippen LogP) is 4.20. The Morgan fingerprint density at radius 3 is 2.56 bits per heavy atom. The summed E-state index contributed by atoms with van der Waals surface area (Å²) in [5.41, 5.74) is 7.06. The summed E-state index contributed by atoms with van der Waals surface area (Å²) < 4.78 is 19.0. The lowest BCUT2D eigenvalue weighted by Crippen LogP contribution is -2.05. The van der Waals surface area contributed by atoms with Gasteiger partial charge in [0.25, 0.3) is 0 Å². The minimum atomic E-state index is -0.541. The van der Waals surface area contributed by atoms with Gasteiger partial charge >= 0.3 is 0 Å². The molecule has 0 heterocycles. The zero-order valence-electron chi connectivity index (χ0n) is 9.86. The number of hydrogen-bond donors (Lipinski definition) is 1. The molecule has 0 aliphatic heterocycles. The lowest BCUT2D eigenvalue weighted by atomic mass is 10.1. The summed E-state index contributed by atoms with van der Waals surface area (Å²) in [5.74, 6) is -0.241. The van der Waals surface area contributed by atoms with Gasteiger partial charge < -0.3 is 10.5 Å². The molecule has 1 atom stereocenters. The molecule has 2 aromatic carbocycles. The van der Waals surface area contributed by atoms with Crippen LogP contribution in [0.25, 0.3) is 0 Å². The highest BCUT2D eigenvalue weighted by Gasteiger charge is 2.12. The summed E-state index contributed by atoms with van der Waals surface area (Å²) in [7, 11) is 0. The maximum atomic E-state index is 13.3. The van der Waals surface area contributed by atoms with E-state index in [0.717, 1.165) is 5.56 Å². The lowest BCUT2D eigenvalue weighted by Gasteiger charge is -2.16. The number of nitrogen functional groups attached to an aromatic ring is 1. The normalized spacial score (nSPS) is 12.2. The minimum absolute atomic E-state index is 0.00721. The summed E-state index contributed by atoms with van der Waals surface area (Å²) in [4.78, 5) is 0. The minimum Gasteiger partial charge on any atom is -0.484 e. The van der Waals surface area contributed by atoms with Crippen LogP contribution in [0, 0.1) is 5.82 Å². The van der Waals surface area contributed by atoms with E-state index in [-0.39, 0.29) is 11.1 Å². The smallest absolute Gasteiger partial charge is 0.146 e. The van der Waals surface area contributed by atoms with Crippen LogP contribution in [-0.4, -0.2) is 0 Å². The van der Waals surface area contributed by atoms with Crippen LogP contribution in [0.3, 0.4) is 0 Å². The molecule has 18 heavy (non-hydrogen) atoms. The molecule has 0 saturated heterocycles. The van der Waals surface area contributed by atoms with Gasteiger partial charge in [0.1, 0.15) is 17.7 Å². The first-order valence-corrected chi connectivity index (χ1v) is 5.92. The third-order valence-electron chi connectivity index (χ3n) is 2.63. The van der Waals surface area contributed by atoms with Crippen LogP contribution in [0.2, 0.25) is 5.02 Å². The monoisotopic (exact) mass is 265 g/mol. The summed E-state index contributed by atoms with van der Waals surface area (Å²) in [5, 5.41) is -0.00721. The number of rotatable bonds is 3. The standard InChI is InChI=1S/C14H13ClFNO/c1-9(10-5-3-2-4-6-10)18-14-8-12(16)11(15)7-13(14)17/h2-9H,17H2,1H3. The van der Waals surface area contributed by atoms with E-state index < -0.39 is 5.82 Å². The van der Waals surface area contributed by atoms with Gasteiger partial charge in [0, 0.05) is 6.07 Å². The molecule has 0 saturated carbocycles. The van der Waals surface area contributed by atoms with Crippen molar-refractivity contribution >= 4 is 17.3 Å². The lowest BCUT2D eigenvalue weighted by molar-refractivity contribution is 0.227. The Morgan fingerprint density at radius 2 is 1.89 bits per heavy atom. The van der Waals surface area contributed by atoms with Gasteiger partial charge in [-0.15, -0.1) is 0 Å². The number of ether oxygens (including phenoxy) is 1. The molecule has 2 rings (SSSR count). The van der Waals surface area contributed by atoms with Crippen molar-refractivity contribution in [3.63, 3.8) is 0 Å². The van der Waals surface area contributed by atoms with E-state index in [0.29, 0.717) is 11.4 Å². The van der Waals surface area contributed by atoms with Crippen molar-refractivity contribution in [2.45, 2.75) is 13.0 Å². The highest BCUT2D eigenvalue weighted by Crippen LogP contribution is 2.31. The molecule has 2 nitrogen and oxygen atoms in total. The average molecular weight is 266 g/mol. The molecule has 0 fully saturated rings. The molecule has 4 heteroatoms. The van der Waals surface area contributed by atoms with Crippen molar-refractivity contribution in [1.82, 2.24) is 0 Å². The van der Waals surface area contributed by atoms with Crippen molar-refractivity contribution in [2.75, 3.05) is 5.73 Å². The fourth-order valence-electron chi connectivity index (χ4n) is 1.63. The summed E-state index contributed by atoms with van der Waals surface area (Å²) in [6.07, 6.45) is -0.214. The Labute approximate surface area is 110 Å². The van der Waals surface area contributed by atoms with Crippen LogP contribution in [-0.2, 0) is 0 Å². The molecule has 0 aromatic heterocycles. The Morgan fingerprint density at radius 1 is 1.22 bits per heavy atom. The molecular formula is C14H13ClFNO. The second-order valence-electron chi connectivity index (χ2n) is 3.97. The molecule has 2 N–H and O–H groups in total. The van der Waals surface area contributed by atoms with Gasteiger partial charge in [0.2, 0.25) is 0 Å². The number of benzene rings is 2. The van der Waals surface area contributed by atoms with Crippen LogP contribution in [0.1, 0.15) is 18.6 Å². The quantitative estimate of drug-likeness (QED) is 0.844. The fourth-order valence-corrected chi connectivity index (χ4v) is 1.80. The molecule has 0 spiro atoms. The molecular weight excluding hydrogens is 253 g/mol. The maximum absolute atomic E-state index is 13.3. The Balaban J connectivity index is 2.22. The molecule has 0 aliphatic carbocycles. The molecule has 0 radical (unpaired) electrons. The number of halogens is 2. The molecule has 1 unspecified atom stereocenters. The number of nitrogens with two attached hydrogens (primary N) is 1. The van der Waals surface area contributed by atoms with Crippen molar-refractivity contribution in [3.8, 4) is 5.75 Å². The van der Waals surface area contributed by atoms with E-state index in [1.807, 2.05) is 37.3 Å². The average Bonchev–Trinajstić information content (AvgIpc) is 2.37. The summed E-state index contributed by atoms with van der Waals surface area (Å²) in [6, 6.07) is 12.2. The van der Waals surface area contributed by atoms with Crippen LogP contribution in [0.5, 0.6) is 5.75 Å². The summed E-state index contributed by atoms with van der Waals surface area (Å²) in [6.45, 7) is 1.88. The van der Waals surface area contributed by atoms with Gasteiger partial charge in [-0.05, 0) is 18.6 Å². The Kier molecular flexibility index (Phi) is 3.72. The largest absolute Gasteiger partial charge is 0.484 e. The van der Waals surface area contributed by atoms with Crippen LogP contribution >= 0.6 is 11.6 Å². The number of hydrogen-bond acceptors (Lipinski definition) is 2. The molecule has 2 aromatic rings. The zero-order chi connectivity index (χ0) is 13.1. The molecule has 0 bridgehead atoms. The van der Waals surface area contributed by atoms with E-state index in [4.69, 9.17) is 22.1 Å². The van der Waals surface area contributed by atoms with Crippen molar-refractivity contribution in [1.29, 1.82) is 0 Å². The SMILES string of the molecule is CC(Oc1cc(F)c(Cl)cc1N)c1ccccc1. The Hall–Kier alpha value is -1.74. The highest BCUT2D eigenvalue weighted by atomic mass is 35.5. The van der Waals surface area contributed by atoms with Gasteiger partial charge in [0.05, 0.1) is 10.7 Å². The topological polar surface area (TPSA) is 35.2 Å². The van der Waals surface area contributed by atoms with Gasteiger partial charge in [-0.2, -0.15) is 0 Å². The third kappa shape index (κ3) is 2.74. The molecule has 0 amide bonds. The zero-order valence-corrected chi connectivity index (χ0v) is 10.6. The van der Waals surface area contributed by atoms with Gasteiger partial charge in [0.15, 0.2) is 0 Å². The Bertz CT molecular complexity index is 545. The van der Waals surface area contributed by atoms with E-state index in [9.17, 15) is 4.39 Å². The van der Waals surface area contributed by atoms with Crippen LogP contribution < -0.4 is 10.5 Å². The van der Waals surface area contributed by atoms with E-state index in [2.05, 4.69) is 0 Å².